The van der Waals surface area contributed by atoms with Gasteiger partial charge in [-0.2, -0.15) is 0 Å². The van der Waals surface area contributed by atoms with Gasteiger partial charge in [-0.15, -0.1) is 0 Å². The summed E-state index contributed by atoms with van der Waals surface area (Å²) in [6.45, 7) is 0.108. The van der Waals surface area contributed by atoms with Gasteiger partial charge in [0.15, 0.2) is 0 Å². The lowest BCUT2D eigenvalue weighted by molar-refractivity contribution is -0.146. The van der Waals surface area contributed by atoms with E-state index in [1.54, 1.807) is 0 Å². The summed E-state index contributed by atoms with van der Waals surface area (Å²) in [5, 5.41) is 7.74. The van der Waals surface area contributed by atoms with Crippen LogP contribution in [-0.2, 0) is 24.0 Å². The molecule has 0 N–H and O–H groups in total. The lowest BCUT2D eigenvalue weighted by Gasteiger charge is -2.13. The number of carbonyl (C=O) groups excluding carboxylic acids is 2. The fourth-order valence-corrected chi connectivity index (χ4v) is 2.99. The molecule has 2 aromatic rings. The number of hydrogen-bond acceptors (Lipinski definition) is 7. The Bertz CT molecular complexity index is 833. The molecule has 7 heteroatoms. The highest BCUT2D eigenvalue weighted by molar-refractivity contribution is 6.15. The third-order valence-corrected chi connectivity index (χ3v) is 4.41. The molecule has 7 nitrogen and oxygen atoms in total. The summed E-state index contributed by atoms with van der Waals surface area (Å²) in [5.41, 5.74) is 2.63. The Morgan fingerprint density at radius 1 is 0.704 bits per heavy atom. The molecule has 0 saturated carbocycles. The van der Waals surface area contributed by atoms with Crippen molar-refractivity contribution < 1.29 is 24.0 Å². The maximum absolute atomic E-state index is 12.0. The Morgan fingerprint density at radius 3 is 1.52 bits per heavy atom. The highest BCUT2D eigenvalue weighted by Gasteiger charge is 2.37. The van der Waals surface area contributed by atoms with Crippen molar-refractivity contribution in [2.75, 3.05) is 13.2 Å². The number of oxime groups is 2. The fraction of sp³-hybridized carbons (Fsp3) is 0.200. The molecule has 0 aliphatic carbocycles. The molecule has 2 aromatic carbocycles. The Balaban J connectivity index is 1.41. The quantitative estimate of drug-likeness (QED) is 0.733. The van der Waals surface area contributed by atoms with E-state index in [4.69, 9.17) is 14.4 Å². The van der Waals surface area contributed by atoms with E-state index in [2.05, 4.69) is 10.3 Å². The fourth-order valence-electron chi connectivity index (χ4n) is 2.99. The van der Waals surface area contributed by atoms with E-state index >= 15 is 0 Å². The van der Waals surface area contributed by atoms with Crippen LogP contribution >= 0.6 is 0 Å². The van der Waals surface area contributed by atoms with Crippen LogP contribution in [0.5, 0.6) is 0 Å². The van der Waals surface area contributed by atoms with Crippen LogP contribution in [0.2, 0.25) is 0 Å². The zero-order chi connectivity index (χ0) is 18.6. The van der Waals surface area contributed by atoms with Gasteiger partial charge in [-0.3, -0.25) is 0 Å². The molecular weight excluding hydrogens is 348 g/mol. The molecule has 0 aromatic heterocycles. The third-order valence-electron chi connectivity index (χ3n) is 4.41. The summed E-state index contributed by atoms with van der Waals surface area (Å²) in [6.07, 6.45) is 0. The van der Waals surface area contributed by atoms with Crippen molar-refractivity contribution in [3.8, 4) is 0 Å². The van der Waals surface area contributed by atoms with Gasteiger partial charge in [-0.1, -0.05) is 71.0 Å². The van der Waals surface area contributed by atoms with Gasteiger partial charge in [0.25, 0.3) is 0 Å². The molecule has 27 heavy (non-hydrogen) atoms. The normalized spacial score (nSPS) is 21.5. The van der Waals surface area contributed by atoms with Crippen LogP contribution in [0, 0.1) is 11.8 Å². The van der Waals surface area contributed by atoms with Gasteiger partial charge in [-0.05, 0) is 0 Å². The van der Waals surface area contributed by atoms with Crippen LogP contribution in [0.1, 0.15) is 11.1 Å². The van der Waals surface area contributed by atoms with Crippen LogP contribution in [0.15, 0.2) is 71.0 Å². The van der Waals surface area contributed by atoms with Gasteiger partial charge in [0, 0.05) is 11.1 Å². The molecule has 0 saturated heterocycles. The number of rotatable bonds is 6. The molecule has 0 radical (unpaired) electrons. The van der Waals surface area contributed by atoms with Gasteiger partial charge < -0.3 is 14.4 Å². The Hall–Kier alpha value is -3.32. The molecule has 0 fully saturated rings. The molecule has 2 aliphatic heterocycles. The van der Waals surface area contributed by atoms with Crippen LogP contribution in [-0.4, -0.2) is 36.6 Å². The van der Waals surface area contributed by atoms with Crippen molar-refractivity contribution >= 4 is 23.4 Å². The number of carbonyl (C=O) groups is 2. The topological polar surface area (TPSA) is 86.6 Å². The Kier molecular flexibility index (Phi) is 4.76. The largest absolute Gasteiger partial charge is 0.379 e. The van der Waals surface area contributed by atoms with Crippen LogP contribution in [0.3, 0.4) is 0 Å². The predicted molar refractivity (Wildman–Crippen MR) is 95.9 cm³/mol. The second-order valence-corrected chi connectivity index (χ2v) is 6.15. The smallest absolute Gasteiger partial charge is 0.346 e. The summed E-state index contributed by atoms with van der Waals surface area (Å²) in [5.74, 6) is -2.22. The number of nitrogens with zero attached hydrogens (tertiary/aromatic N) is 2. The summed E-state index contributed by atoms with van der Waals surface area (Å²) >= 11 is 0. The van der Waals surface area contributed by atoms with Crippen molar-refractivity contribution in [2.24, 2.45) is 22.1 Å². The minimum absolute atomic E-state index is 0.0540. The van der Waals surface area contributed by atoms with Gasteiger partial charge >= 0.3 is 11.9 Å². The van der Waals surface area contributed by atoms with Gasteiger partial charge in [0.1, 0.15) is 23.3 Å². The van der Waals surface area contributed by atoms with Gasteiger partial charge in [0.05, 0.1) is 13.2 Å². The van der Waals surface area contributed by atoms with Gasteiger partial charge in [0.2, 0.25) is 0 Å². The highest BCUT2D eigenvalue weighted by atomic mass is 16.7. The number of ether oxygens (including phenoxy) is 1. The second-order valence-electron chi connectivity index (χ2n) is 6.15. The Morgan fingerprint density at radius 2 is 1.11 bits per heavy atom. The molecule has 136 valence electrons. The maximum atomic E-state index is 12.0. The summed E-state index contributed by atoms with van der Waals surface area (Å²) in [7, 11) is 0. The average Bonchev–Trinajstić information content (AvgIpc) is 3.26. The molecular formula is C20H16N2O5. The zero-order valence-electron chi connectivity index (χ0n) is 14.3. The van der Waals surface area contributed by atoms with Crippen LogP contribution in [0.4, 0.5) is 0 Å². The number of benzene rings is 2. The summed E-state index contributed by atoms with van der Waals surface area (Å²) in [4.78, 5) is 33.6. The average molecular weight is 364 g/mol. The van der Waals surface area contributed by atoms with Crippen LogP contribution in [0.25, 0.3) is 0 Å². The first-order valence-corrected chi connectivity index (χ1v) is 8.50. The standard InChI is InChI=1S/C20H16N2O5/c23-19-15(17(21-26-19)13-7-3-1-4-8-13)11-25-12-16-18(22-27-20(16)24)14-9-5-2-6-10-14/h1-10,15-16H,11-12H2. The lowest BCUT2D eigenvalue weighted by atomic mass is 9.97. The van der Waals surface area contributed by atoms with E-state index in [1.165, 1.54) is 0 Å². The first-order valence-electron chi connectivity index (χ1n) is 8.50. The molecule has 2 aliphatic rings. The summed E-state index contributed by atoms with van der Waals surface area (Å²) < 4.78 is 5.68. The van der Waals surface area contributed by atoms with Crippen molar-refractivity contribution in [1.82, 2.24) is 0 Å². The molecule has 0 spiro atoms. The van der Waals surface area contributed by atoms with E-state index in [0.717, 1.165) is 11.1 Å². The zero-order valence-corrected chi connectivity index (χ0v) is 14.3. The Labute approximate surface area is 155 Å². The molecule has 4 rings (SSSR count). The number of hydrogen-bond donors (Lipinski definition) is 0. The van der Waals surface area contributed by atoms with E-state index in [9.17, 15) is 9.59 Å². The first-order chi connectivity index (χ1) is 13.2. The molecule has 2 unspecified atom stereocenters. The SMILES string of the molecule is O=C1ON=C(c2ccccc2)C1COCC1C(=O)ON=C1c1ccccc1. The van der Waals surface area contributed by atoms with Crippen molar-refractivity contribution in [1.29, 1.82) is 0 Å². The van der Waals surface area contributed by atoms with E-state index in [-0.39, 0.29) is 13.2 Å². The van der Waals surface area contributed by atoms with Crippen molar-refractivity contribution in [3.63, 3.8) is 0 Å². The summed E-state index contributed by atoms with van der Waals surface area (Å²) in [6, 6.07) is 18.6. The van der Waals surface area contributed by atoms with Crippen molar-refractivity contribution in [2.45, 2.75) is 0 Å². The van der Waals surface area contributed by atoms with Crippen LogP contribution < -0.4 is 0 Å². The molecule has 0 bridgehead atoms. The second kappa shape index (κ2) is 7.51. The molecule has 0 amide bonds. The van der Waals surface area contributed by atoms with Gasteiger partial charge in [-0.25, -0.2) is 9.59 Å². The van der Waals surface area contributed by atoms with E-state index in [0.29, 0.717) is 11.4 Å². The lowest BCUT2D eigenvalue weighted by Crippen LogP contribution is -2.29. The third kappa shape index (κ3) is 3.50. The van der Waals surface area contributed by atoms with Crippen molar-refractivity contribution in [3.05, 3.63) is 71.8 Å². The molecule has 2 atom stereocenters. The maximum Gasteiger partial charge on any atom is 0.346 e. The monoisotopic (exact) mass is 364 g/mol. The minimum Gasteiger partial charge on any atom is -0.379 e. The van der Waals surface area contributed by atoms with E-state index in [1.807, 2.05) is 60.7 Å². The van der Waals surface area contributed by atoms with E-state index < -0.39 is 23.8 Å². The predicted octanol–water partition coefficient (Wildman–Crippen LogP) is 2.16. The molecule has 2 heterocycles. The minimum atomic E-state index is -0.637. The highest BCUT2D eigenvalue weighted by Crippen LogP contribution is 2.22. The first kappa shape index (κ1) is 17.1.